The van der Waals surface area contributed by atoms with Gasteiger partial charge in [-0.05, 0) is 56.4 Å². The van der Waals surface area contributed by atoms with E-state index in [9.17, 15) is 18.8 Å². The maximum absolute atomic E-state index is 13.0. The van der Waals surface area contributed by atoms with E-state index in [1.807, 2.05) is 4.90 Å². The number of likely N-dealkylation sites (tertiary alicyclic amines) is 2. The summed E-state index contributed by atoms with van der Waals surface area (Å²) >= 11 is 0.920. The summed E-state index contributed by atoms with van der Waals surface area (Å²) in [4.78, 5) is 41.4. The number of amides is 3. The van der Waals surface area contributed by atoms with Crippen LogP contribution < -0.4 is 5.32 Å². The summed E-state index contributed by atoms with van der Waals surface area (Å²) in [5.74, 6) is -1.00. The van der Waals surface area contributed by atoms with E-state index in [1.165, 1.54) is 30.7 Å². The molecule has 0 aliphatic carbocycles. The maximum atomic E-state index is 13.0. The SMILES string of the molecule is O=C(Nc1ccc(F)cc1)c1nnc(C(=O)N2CCC(C(=O)N3CCCCC3)CC2)s1. The summed E-state index contributed by atoms with van der Waals surface area (Å²) in [6, 6.07) is 5.36. The zero-order chi connectivity index (χ0) is 21.8. The molecule has 1 aromatic carbocycles. The Labute approximate surface area is 183 Å². The third-order valence-electron chi connectivity index (χ3n) is 5.70. The van der Waals surface area contributed by atoms with Gasteiger partial charge >= 0.3 is 0 Å². The zero-order valence-corrected chi connectivity index (χ0v) is 17.9. The first kappa shape index (κ1) is 21.4. The maximum Gasteiger partial charge on any atom is 0.286 e. The van der Waals surface area contributed by atoms with Crippen LogP contribution in [0.4, 0.5) is 10.1 Å². The summed E-state index contributed by atoms with van der Waals surface area (Å²) in [5, 5.41) is 10.5. The van der Waals surface area contributed by atoms with Crippen LogP contribution in [0.3, 0.4) is 0 Å². The average Bonchev–Trinajstić information content (AvgIpc) is 3.31. The molecule has 0 spiro atoms. The number of rotatable bonds is 4. The molecule has 2 aromatic rings. The molecule has 0 radical (unpaired) electrons. The van der Waals surface area contributed by atoms with Crippen LogP contribution >= 0.6 is 11.3 Å². The Morgan fingerprint density at radius 3 is 2.23 bits per heavy atom. The second-order valence-corrected chi connectivity index (χ2v) is 8.80. The number of piperidine rings is 2. The van der Waals surface area contributed by atoms with E-state index >= 15 is 0 Å². The molecule has 31 heavy (non-hydrogen) atoms. The van der Waals surface area contributed by atoms with Gasteiger partial charge in [-0.15, -0.1) is 10.2 Å². The predicted octanol–water partition coefficient (Wildman–Crippen LogP) is 2.79. The summed E-state index contributed by atoms with van der Waals surface area (Å²) in [6.45, 7) is 2.65. The van der Waals surface area contributed by atoms with Crippen molar-refractivity contribution in [2.75, 3.05) is 31.5 Å². The summed E-state index contributed by atoms with van der Waals surface area (Å²) < 4.78 is 13.0. The number of aromatic nitrogens is 2. The number of carbonyl (C=O) groups excluding carboxylic acids is 3. The van der Waals surface area contributed by atoms with Crippen molar-refractivity contribution in [2.24, 2.45) is 5.92 Å². The van der Waals surface area contributed by atoms with Crippen LogP contribution in [0.5, 0.6) is 0 Å². The first-order chi connectivity index (χ1) is 15.0. The van der Waals surface area contributed by atoms with Crippen LogP contribution in [0, 0.1) is 11.7 Å². The number of hydrogen-bond acceptors (Lipinski definition) is 6. The number of nitrogens with zero attached hydrogens (tertiary/aromatic N) is 4. The molecule has 3 amide bonds. The largest absolute Gasteiger partial charge is 0.342 e. The fourth-order valence-electron chi connectivity index (χ4n) is 3.96. The minimum absolute atomic E-state index is 0.0337. The van der Waals surface area contributed by atoms with Crippen molar-refractivity contribution in [1.29, 1.82) is 0 Å². The number of carbonyl (C=O) groups is 3. The lowest BCUT2D eigenvalue weighted by Crippen LogP contribution is -2.45. The zero-order valence-electron chi connectivity index (χ0n) is 17.1. The average molecular weight is 446 g/mol. The third kappa shape index (κ3) is 5.07. The van der Waals surface area contributed by atoms with Crippen LogP contribution in [-0.4, -0.2) is 63.9 Å². The highest BCUT2D eigenvalue weighted by molar-refractivity contribution is 7.15. The lowest BCUT2D eigenvalue weighted by atomic mass is 9.94. The molecule has 8 nitrogen and oxygen atoms in total. The Morgan fingerprint density at radius 1 is 0.903 bits per heavy atom. The quantitative estimate of drug-likeness (QED) is 0.781. The Kier molecular flexibility index (Phi) is 6.55. The molecule has 3 heterocycles. The first-order valence-corrected chi connectivity index (χ1v) is 11.3. The van der Waals surface area contributed by atoms with E-state index < -0.39 is 11.7 Å². The molecule has 2 aliphatic rings. The number of benzene rings is 1. The highest BCUT2D eigenvalue weighted by atomic mass is 32.1. The third-order valence-corrected chi connectivity index (χ3v) is 6.61. The lowest BCUT2D eigenvalue weighted by molar-refractivity contribution is -0.137. The van der Waals surface area contributed by atoms with Crippen molar-refractivity contribution >= 4 is 34.7 Å². The molecule has 10 heteroatoms. The Balaban J connectivity index is 1.31. The van der Waals surface area contributed by atoms with Gasteiger partial charge < -0.3 is 15.1 Å². The van der Waals surface area contributed by atoms with Gasteiger partial charge in [0, 0.05) is 37.8 Å². The van der Waals surface area contributed by atoms with Gasteiger partial charge in [0.2, 0.25) is 15.9 Å². The lowest BCUT2D eigenvalue weighted by Gasteiger charge is -2.35. The van der Waals surface area contributed by atoms with Gasteiger partial charge in [0.15, 0.2) is 0 Å². The highest BCUT2D eigenvalue weighted by Crippen LogP contribution is 2.24. The van der Waals surface area contributed by atoms with Crippen LogP contribution in [0.2, 0.25) is 0 Å². The molecule has 2 saturated heterocycles. The minimum atomic E-state index is -0.506. The molecule has 164 valence electrons. The number of nitrogens with one attached hydrogen (secondary N) is 1. The second-order valence-electron chi connectivity index (χ2n) is 7.83. The molecule has 2 fully saturated rings. The summed E-state index contributed by atoms with van der Waals surface area (Å²) in [6.07, 6.45) is 4.59. The summed E-state index contributed by atoms with van der Waals surface area (Å²) in [5.41, 5.74) is 0.426. The van der Waals surface area contributed by atoms with Crippen molar-refractivity contribution in [2.45, 2.75) is 32.1 Å². The van der Waals surface area contributed by atoms with E-state index in [1.54, 1.807) is 4.90 Å². The molecule has 0 bridgehead atoms. The van der Waals surface area contributed by atoms with Crippen LogP contribution in [0.25, 0.3) is 0 Å². The molecule has 0 saturated carbocycles. The Bertz CT molecular complexity index is 950. The van der Waals surface area contributed by atoms with E-state index in [2.05, 4.69) is 15.5 Å². The van der Waals surface area contributed by atoms with E-state index in [4.69, 9.17) is 0 Å². The van der Waals surface area contributed by atoms with E-state index in [0.717, 1.165) is 37.3 Å². The Hall–Kier alpha value is -2.88. The number of anilines is 1. The first-order valence-electron chi connectivity index (χ1n) is 10.5. The van der Waals surface area contributed by atoms with Crippen molar-refractivity contribution < 1.29 is 18.8 Å². The minimum Gasteiger partial charge on any atom is -0.342 e. The van der Waals surface area contributed by atoms with Crippen LogP contribution in [-0.2, 0) is 4.79 Å². The highest BCUT2D eigenvalue weighted by Gasteiger charge is 2.32. The Morgan fingerprint density at radius 2 is 1.55 bits per heavy atom. The van der Waals surface area contributed by atoms with Gasteiger partial charge in [-0.25, -0.2) is 4.39 Å². The fourth-order valence-corrected chi connectivity index (χ4v) is 4.66. The van der Waals surface area contributed by atoms with E-state index in [-0.39, 0.29) is 27.7 Å². The van der Waals surface area contributed by atoms with Crippen LogP contribution in [0.1, 0.15) is 51.7 Å². The molecule has 1 N–H and O–H groups in total. The monoisotopic (exact) mass is 445 g/mol. The number of halogens is 1. The van der Waals surface area contributed by atoms with Crippen LogP contribution in [0.15, 0.2) is 24.3 Å². The molecule has 0 unspecified atom stereocenters. The van der Waals surface area contributed by atoms with Crippen molar-refractivity contribution in [3.8, 4) is 0 Å². The molecular weight excluding hydrogens is 421 g/mol. The van der Waals surface area contributed by atoms with Gasteiger partial charge in [0.1, 0.15) is 5.82 Å². The van der Waals surface area contributed by atoms with Gasteiger partial charge in [0.25, 0.3) is 11.8 Å². The fraction of sp³-hybridized carbons (Fsp3) is 0.476. The topological polar surface area (TPSA) is 95.5 Å². The number of hydrogen-bond donors (Lipinski definition) is 1. The standard InChI is InChI=1S/C21H24FN5O3S/c22-15-4-6-16(7-5-15)23-17(28)18-24-25-19(31-18)21(30)27-12-8-14(9-13-27)20(29)26-10-2-1-3-11-26/h4-7,14H,1-3,8-13H2,(H,23,28). The van der Waals surface area contributed by atoms with Gasteiger partial charge in [-0.1, -0.05) is 11.3 Å². The molecule has 4 rings (SSSR count). The van der Waals surface area contributed by atoms with Crippen molar-refractivity contribution in [3.05, 3.63) is 40.1 Å². The second kappa shape index (κ2) is 9.51. The molecule has 2 aliphatic heterocycles. The molecule has 1 aromatic heterocycles. The van der Waals surface area contributed by atoms with Gasteiger partial charge in [0.05, 0.1) is 0 Å². The molecule has 0 atom stereocenters. The smallest absolute Gasteiger partial charge is 0.286 e. The van der Waals surface area contributed by atoms with E-state index in [0.29, 0.717) is 31.6 Å². The summed E-state index contributed by atoms with van der Waals surface area (Å²) in [7, 11) is 0. The predicted molar refractivity (Wildman–Crippen MR) is 113 cm³/mol. The van der Waals surface area contributed by atoms with Crippen molar-refractivity contribution in [1.82, 2.24) is 20.0 Å². The van der Waals surface area contributed by atoms with Gasteiger partial charge in [-0.2, -0.15) is 0 Å². The van der Waals surface area contributed by atoms with Gasteiger partial charge in [-0.3, -0.25) is 14.4 Å². The van der Waals surface area contributed by atoms with Crippen molar-refractivity contribution in [3.63, 3.8) is 0 Å². The normalized spacial score (nSPS) is 17.5. The molecular formula is C21H24FN5O3S.